The molecule has 1 heterocycles. The van der Waals surface area contributed by atoms with Gasteiger partial charge in [0.2, 0.25) is 0 Å². The molecule has 1 aromatic rings. The van der Waals surface area contributed by atoms with E-state index >= 15 is 0 Å². The molecule has 0 amide bonds. The fourth-order valence-corrected chi connectivity index (χ4v) is 2.55. The number of aromatic nitrogens is 2. The molecule has 2 rings (SSSR count). The van der Waals surface area contributed by atoms with Crippen LogP contribution in [-0.2, 0) is 13.1 Å². The van der Waals surface area contributed by atoms with E-state index in [-0.39, 0.29) is 0 Å². The largest absolute Gasteiger partial charge is 0.310 e. The second-order valence-corrected chi connectivity index (χ2v) is 6.01. The van der Waals surface area contributed by atoms with E-state index in [1.54, 1.807) is 0 Å². The third kappa shape index (κ3) is 4.34. The summed E-state index contributed by atoms with van der Waals surface area (Å²) in [7, 11) is 0. The van der Waals surface area contributed by atoms with Gasteiger partial charge in [-0.05, 0) is 32.1 Å². The molecular formula is C16H29N3. The Labute approximate surface area is 117 Å². The fraction of sp³-hybridized carbons (Fsp3) is 0.812. The van der Waals surface area contributed by atoms with Crippen LogP contribution in [-0.4, -0.2) is 15.8 Å². The lowest BCUT2D eigenvalue weighted by molar-refractivity contribution is 0.368. The minimum atomic E-state index is 0.774. The van der Waals surface area contributed by atoms with Crippen molar-refractivity contribution in [1.29, 1.82) is 0 Å². The fourth-order valence-electron chi connectivity index (χ4n) is 2.55. The van der Waals surface area contributed by atoms with E-state index in [4.69, 9.17) is 0 Å². The van der Waals surface area contributed by atoms with Gasteiger partial charge in [0.1, 0.15) is 0 Å². The number of rotatable bonds is 9. The van der Waals surface area contributed by atoms with Gasteiger partial charge in [-0.15, -0.1) is 0 Å². The number of hydrogen-bond donors (Lipinski definition) is 1. The molecule has 1 saturated carbocycles. The first kappa shape index (κ1) is 14.6. The first-order chi connectivity index (χ1) is 9.24. The normalized spacial score (nSPS) is 16.8. The van der Waals surface area contributed by atoms with Crippen molar-refractivity contribution in [3.8, 4) is 0 Å². The summed E-state index contributed by atoms with van der Waals surface area (Å²) in [5.41, 5.74) is 2.72. The highest BCUT2D eigenvalue weighted by Gasteiger charge is 2.21. The predicted molar refractivity (Wildman–Crippen MR) is 80.1 cm³/mol. The van der Waals surface area contributed by atoms with Crippen molar-refractivity contribution in [2.75, 3.05) is 0 Å². The summed E-state index contributed by atoms with van der Waals surface area (Å²) < 4.78 is 2.22. The lowest BCUT2D eigenvalue weighted by Gasteiger charge is -2.15. The van der Waals surface area contributed by atoms with Crippen LogP contribution in [0.15, 0.2) is 6.20 Å². The molecule has 1 aliphatic carbocycles. The van der Waals surface area contributed by atoms with Crippen molar-refractivity contribution in [2.45, 2.75) is 78.4 Å². The Morgan fingerprint density at radius 1 is 1.42 bits per heavy atom. The molecule has 1 atom stereocenters. The van der Waals surface area contributed by atoms with E-state index < -0.39 is 0 Å². The molecular weight excluding hydrogens is 234 g/mol. The smallest absolute Gasteiger partial charge is 0.0537 e. The Hall–Kier alpha value is -0.830. The maximum Gasteiger partial charge on any atom is 0.0537 e. The van der Waals surface area contributed by atoms with Crippen molar-refractivity contribution in [3.63, 3.8) is 0 Å². The van der Waals surface area contributed by atoms with Gasteiger partial charge in [-0.1, -0.05) is 33.1 Å². The second kappa shape index (κ2) is 7.09. The van der Waals surface area contributed by atoms with E-state index in [1.165, 1.54) is 49.8 Å². The van der Waals surface area contributed by atoms with E-state index in [0.717, 1.165) is 25.0 Å². The summed E-state index contributed by atoms with van der Waals surface area (Å²) in [5.74, 6) is 0.780. The van der Waals surface area contributed by atoms with E-state index in [2.05, 4.69) is 42.1 Å². The zero-order chi connectivity index (χ0) is 13.7. The Bertz CT molecular complexity index is 379. The Morgan fingerprint density at radius 2 is 2.21 bits per heavy atom. The molecule has 1 aromatic heterocycles. The topological polar surface area (TPSA) is 29.9 Å². The molecule has 19 heavy (non-hydrogen) atoms. The van der Waals surface area contributed by atoms with Crippen molar-refractivity contribution in [1.82, 2.24) is 15.1 Å². The number of hydrogen-bond acceptors (Lipinski definition) is 2. The highest BCUT2D eigenvalue weighted by atomic mass is 15.3. The lowest BCUT2D eigenvalue weighted by atomic mass is 9.99. The molecule has 1 N–H and O–H groups in total. The first-order valence-electron chi connectivity index (χ1n) is 7.99. The molecule has 1 unspecified atom stereocenters. The van der Waals surface area contributed by atoms with Crippen LogP contribution in [0, 0.1) is 12.8 Å². The highest BCUT2D eigenvalue weighted by Crippen LogP contribution is 2.21. The molecule has 0 spiro atoms. The van der Waals surface area contributed by atoms with Crippen LogP contribution in [0.3, 0.4) is 0 Å². The zero-order valence-electron chi connectivity index (χ0n) is 12.8. The standard InChI is InChI=1S/C16H29N3/c1-4-6-7-14(5-2)12-19-13(3)15(11-18-19)10-17-16-8-9-16/h11,14,16-17H,4-10,12H2,1-3H3. The van der Waals surface area contributed by atoms with Crippen molar-refractivity contribution < 1.29 is 0 Å². The predicted octanol–water partition coefficient (Wildman–Crippen LogP) is 3.66. The van der Waals surface area contributed by atoms with Gasteiger partial charge in [0, 0.05) is 30.4 Å². The van der Waals surface area contributed by atoms with Crippen LogP contribution in [0.5, 0.6) is 0 Å². The van der Waals surface area contributed by atoms with Crippen LogP contribution in [0.1, 0.15) is 63.6 Å². The Kier molecular flexibility index (Phi) is 5.44. The van der Waals surface area contributed by atoms with Gasteiger partial charge in [-0.25, -0.2) is 0 Å². The van der Waals surface area contributed by atoms with E-state index in [9.17, 15) is 0 Å². The minimum absolute atomic E-state index is 0.774. The van der Waals surface area contributed by atoms with Crippen LogP contribution in [0.2, 0.25) is 0 Å². The molecule has 1 fully saturated rings. The highest BCUT2D eigenvalue weighted by molar-refractivity contribution is 5.16. The maximum absolute atomic E-state index is 4.59. The summed E-state index contributed by atoms with van der Waals surface area (Å²) in [4.78, 5) is 0. The summed E-state index contributed by atoms with van der Waals surface area (Å²) in [6, 6.07) is 0.774. The van der Waals surface area contributed by atoms with Gasteiger partial charge in [-0.2, -0.15) is 5.10 Å². The van der Waals surface area contributed by atoms with Crippen LogP contribution < -0.4 is 5.32 Å². The summed E-state index contributed by atoms with van der Waals surface area (Å²) in [6.45, 7) is 8.86. The van der Waals surface area contributed by atoms with Crippen LogP contribution in [0.25, 0.3) is 0 Å². The SMILES string of the molecule is CCCCC(CC)Cn1ncc(CNC2CC2)c1C. The number of nitrogens with one attached hydrogen (secondary N) is 1. The number of unbranched alkanes of at least 4 members (excludes halogenated alkanes) is 1. The van der Waals surface area contributed by atoms with Crippen molar-refractivity contribution in [2.24, 2.45) is 5.92 Å². The second-order valence-electron chi connectivity index (χ2n) is 6.01. The van der Waals surface area contributed by atoms with Gasteiger partial charge < -0.3 is 5.32 Å². The molecule has 3 nitrogen and oxygen atoms in total. The van der Waals surface area contributed by atoms with Crippen molar-refractivity contribution in [3.05, 3.63) is 17.5 Å². The summed E-state index contributed by atoms with van der Waals surface area (Å²) in [6.07, 6.45) is 9.98. The molecule has 108 valence electrons. The average Bonchev–Trinajstić information content (AvgIpc) is 3.19. The van der Waals surface area contributed by atoms with Crippen LogP contribution in [0.4, 0.5) is 0 Å². The van der Waals surface area contributed by atoms with Gasteiger partial charge in [0.25, 0.3) is 0 Å². The molecule has 0 aliphatic heterocycles. The molecule has 3 heteroatoms. The Balaban J connectivity index is 1.87. The molecule has 0 saturated heterocycles. The lowest BCUT2D eigenvalue weighted by Crippen LogP contribution is -2.16. The summed E-state index contributed by atoms with van der Waals surface area (Å²) >= 11 is 0. The molecule has 1 aliphatic rings. The summed E-state index contributed by atoms with van der Waals surface area (Å²) in [5, 5.41) is 8.16. The quantitative estimate of drug-likeness (QED) is 0.737. The zero-order valence-corrected chi connectivity index (χ0v) is 12.8. The molecule has 0 aromatic carbocycles. The molecule has 0 radical (unpaired) electrons. The van der Waals surface area contributed by atoms with Gasteiger partial charge in [0.15, 0.2) is 0 Å². The third-order valence-electron chi connectivity index (χ3n) is 4.34. The van der Waals surface area contributed by atoms with Crippen molar-refractivity contribution >= 4 is 0 Å². The number of nitrogens with zero attached hydrogens (tertiary/aromatic N) is 2. The van der Waals surface area contributed by atoms with E-state index in [0.29, 0.717) is 0 Å². The molecule has 0 bridgehead atoms. The van der Waals surface area contributed by atoms with Gasteiger partial charge in [0.05, 0.1) is 6.20 Å². The first-order valence-corrected chi connectivity index (χ1v) is 7.99. The monoisotopic (exact) mass is 263 g/mol. The van der Waals surface area contributed by atoms with E-state index in [1.807, 2.05) is 0 Å². The maximum atomic E-state index is 4.59. The van der Waals surface area contributed by atoms with Gasteiger partial charge in [-0.3, -0.25) is 4.68 Å². The van der Waals surface area contributed by atoms with Crippen LogP contribution >= 0.6 is 0 Å². The minimum Gasteiger partial charge on any atom is -0.310 e. The third-order valence-corrected chi connectivity index (χ3v) is 4.34. The average molecular weight is 263 g/mol. The van der Waals surface area contributed by atoms with Gasteiger partial charge >= 0.3 is 0 Å². The Morgan fingerprint density at radius 3 is 2.84 bits per heavy atom.